The predicted octanol–water partition coefficient (Wildman–Crippen LogP) is 3.49. The first-order valence-corrected chi connectivity index (χ1v) is 11.6. The van der Waals surface area contributed by atoms with Crippen LogP contribution in [0.5, 0.6) is 0 Å². The van der Waals surface area contributed by atoms with Gasteiger partial charge in [0.25, 0.3) is 0 Å². The van der Waals surface area contributed by atoms with Crippen LogP contribution in [0.4, 0.5) is 5.69 Å². The van der Waals surface area contributed by atoms with E-state index in [9.17, 15) is 4.79 Å². The molecule has 5 rings (SSSR count). The predicted molar refractivity (Wildman–Crippen MR) is 127 cm³/mol. The number of para-hydroxylation sites is 2. The number of carbonyl (C=O) groups is 1. The minimum absolute atomic E-state index is 0.0301. The summed E-state index contributed by atoms with van der Waals surface area (Å²) in [7, 11) is 0. The molecule has 166 valence electrons. The first-order valence-electron chi connectivity index (χ1n) is 11.2. The third kappa shape index (κ3) is 4.82. The van der Waals surface area contributed by atoms with E-state index in [1.54, 1.807) is 0 Å². The van der Waals surface area contributed by atoms with Crippen molar-refractivity contribution < 1.29 is 4.79 Å². The molecular formula is C24H28N6OS. The molecule has 0 spiro atoms. The Bertz CT molecular complexity index is 1110. The summed E-state index contributed by atoms with van der Waals surface area (Å²) >= 11 is 5.83. The summed E-state index contributed by atoms with van der Waals surface area (Å²) in [5.41, 5.74) is 1.92. The van der Waals surface area contributed by atoms with Gasteiger partial charge in [-0.15, -0.1) is 0 Å². The third-order valence-corrected chi connectivity index (χ3v) is 6.44. The fourth-order valence-corrected chi connectivity index (χ4v) is 4.44. The van der Waals surface area contributed by atoms with Gasteiger partial charge in [0, 0.05) is 43.5 Å². The minimum Gasteiger partial charge on any atom is -0.325 e. The van der Waals surface area contributed by atoms with Crippen LogP contribution in [0.1, 0.15) is 24.6 Å². The molecule has 1 amide bonds. The third-order valence-electron chi connectivity index (χ3n) is 6.04. The molecule has 0 bridgehead atoms. The quantitative estimate of drug-likeness (QED) is 0.561. The van der Waals surface area contributed by atoms with Crippen molar-refractivity contribution >= 4 is 23.8 Å². The highest BCUT2D eigenvalue weighted by atomic mass is 32.1. The number of nitrogens with one attached hydrogen (secondary N) is 1. The van der Waals surface area contributed by atoms with Crippen LogP contribution in [0.3, 0.4) is 0 Å². The Morgan fingerprint density at radius 2 is 1.56 bits per heavy atom. The van der Waals surface area contributed by atoms with Crippen molar-refractivity contribution in [2.24, 2.45) is 0 Å². The van der Waals surface area contributed by atoms with E-state index in [0.29, 0.717) is 19.1 Å². The van der Waals surface area contributed by atoms with Crippen LogP contribution in [-0.2, 0) is 11.5 Å². The molecule has 2 fully saturated rings. The molecule has 0 atom stereocenters. The lowest BCUT2D eigenvalue weighted by Gasteiger charge is -2.33. The second-order valence-corrected chi connectivity index (χ2v) is 8.90. The van der Waals surface area contributed by atoms with E-state index >= 15 is 0 Å². The van der Waals surface area contributed by atoms with E-state index in [-0.39, 0.29) is 5.91 Å². The summed E-state index contributed by atoms with van der Waals surface area (Å²) in [4.78, 5) is 16.9. The van der Waals surface area contributed by atoms with Crippen LogP contribution in [0.25, 0.3) is 5.69 Å². The SMILES string of the molecule is O=C(CN1CCN(Cn2nc(C3CC3)n(-c3ccccc3)c2=S)CC1)Nc1ccccc1. The van der Waals surface area contributed by atoms with Gasteiger partial charge in [0.2, 0.25) is 10.7 Å². The Morgan fingerprint density at radius 3 is 2.22 bits per heavy atom. The largest absolute Gasteiger partial charge is 0.325 e. The fraction of sp³-hybridized carbons (Fsp3) is 0.375. The van der Waals surface area contributed by atoms with Gasteiger partial charge in [0.1, 0.15) is 5.82 Å². The molecule has 1 saturated carbocycles. The van der Waals surface area contributed by atoms with Crippen molar-refractivity contribution in [3.05, 3.63) is 71.3 Å². The highest BCUT2D eigenvalue weighted by molar-refractivity contribution is 7.71. The van der Waals surface area contributed by atoms with Gasteiger partial charge in [-0.3, -0.25) is 19.2 Å². The zero-order chi connectivity index (χ0) is 21.9. The number of aromatic nitrogens is 3. The Labute approximate surface area is 193 Å². The molecule has 0 radical (unpaired) electrons. The normalized spacial score (nSPS) is 17.4. The van der Waals surface area contributed by atoms with Crippen molar-refractivity contribution in [3.63, 3.8) is 0 Å². The fourth-order valence-electron chi connectivity index (χ4n) is 4.15. The van der Waals surface area contributed by atoms with E-state index in [4.69, 9.17) is 17.3 Å². The first-order chi connectivity index (χ1) is 15.7. The maximum absolute atomic E-state index is 12.3. The second-order valence-electron chi connectivity index (χ2n) is 8.54. The zero-order valence-electron chi connectivity index (χ0n) is 18.1. The molecule has 1 aliphatic carbocycles. The van der Waals surface area contributed by atoms with E-state index in [1.165, 1.54) is 12.8 Å². The molecule has 2 aliphatic rings. The zero-order valence-corrected chi connectivity index (χ0v) is 18.9. The molecule has 2 heterocycles. The van der Waals surface area contributed by atoms with Crippen LogP contribution in [0.2, 0.25) is 0 Å². The second kappa shape index (κ2) is 9.36. The molecule has 1 aliphatic heterocycles. The smallest absolute Gasteiger partial charge is 0.238 e. The molecule has 0 unspecified atom stereocenters. The number of rotatable bonds is 7. The summed E-state index contributed by atoms with van der Waals surface area (Å²) in [5, 5.41) is 7.88. The van der Waals surface area contributed by atoms with Gasteiger partial charge in [-0.1, -0.05) is 36.4 Å². The molecule has 1 saturated heterocycles. The number of hydrogen-bond donors (Lipinski definition) is 1. The van der Waals surface area contributed by atoms with Crippen LogP contribution in [0, 0.1) is 4.77 Å². The van der Waals surface area contributed by atoms with Gasteiger partial charge in [-0.25, -0.2) is 4.68 Å². The number of nitrogens with zero attached hydrogens (tertiary/aromatic N) is 5. The van der Waals surface area contributed by atoms with Crippen molar-refractivity contribution in [2.45, 2.75) is 25.4 Å². The number of piperazine rings is 1. The maximum Gasteiger partial charge on any atom is 0.238 e. The van der Waals surface area contributed by atoms with Crippen molar-refractivity contribution in [1.82, 2.24) is 24.1 Å². The summed E-state index contributed by atoms with van der Waals surface area (Å²) in [6.45, 7) is 4.57. The van der Waals surface area contributed by atoms with E-state index < -0.39 is 0 Å². The summed E-state index contributed by atoms with van der Waals surface area (Å²) in [6, 6.07) is 19.9. The standard InChI is InChI=1S/C24H28N6OS/c31-22(25-20-7-3-1-4-8-20)17-27-13-15-28(16-14-27)18-29-24(32)30(21-9-5-2-6-10-21)23(26-29)19-11-12-19/h1-10,19H,11-18H2,(H,25,31). The molecular weight excluding hydrogens is 420 g/mol. The maximum atomic E-state index is 12.3. The monoisotopic (exact) mass is 448 g/mol. The average Bonchev–Trinajstić information content (AvgIpc) is 3.61. The lowest BCUT2D eigenvalue weighted by Crippen LogP contribution is -2.49. The van der Waals surface area contributed by atoms with E-state index in [1.807, 2.05) is 53.2 Å². The molecule has 3 aromatic rings. The van der Waals surface area contributed by atoms with Gasteiger partial charge in [-0.05, 0) is 49.3 Å². The molecule has 1 N–H and O–H groups in total. The van der Waals surface area contributed by atoms with Crippen LogP contribution in [0.15, 0.2) is 60.7 Å². The van der Waals surface area contributed by atoms with Crippen molar-refractivity contribution in [3.8, 4) is 5.69 Å². The van der Waals surface area contributed by atoms with Crippen LogP contribution >= 0.6 is 12.2 Å². The Morgan fingerprint density at radius 1 is 0.938 bits per heavy atom. The number of hydrogen-bond acceptors (Lipinski definition) is 5. The lowest BCUT2D eigenvalue weighted by atomic mass is 10.3. The molecule has 2 aromatic carbocycles. The van der Waals surface area contributed by atoms with Crippen LogP contribution in [-0.4, -0.2) is 62.8 Å². The number of amides is 1. The molecule has 8 heteroatoms. The van der Waals surface area contributed by atoms with Gasteiger partial charge >= 0.3 is 0 Å². The van der Waals surface area contributed by atoms with Crippen LogP contribution < -0.4 is 5.32 Å². The molecule has 1 aromatic heterocycles. The van der Waals surface area contributed by atoms with Crippen molar-refractivity contribution in [2.75, 3.05) is 38.0 Å². The number of anilines is 1. The average molecular weight is 449 g/mol. The Hall–Kier alpha value is -2.81. The number of benzene rings is 2. The lowest BCUT2D eigenvalue weighted by molar-refractivity contribution is -0.117. The highest BCUT2D eigenvalue weighted by Crippen LogP contribution is 2.40. The molecule has 7 nitrogen and oxygen atoms in total. The Kier molecular flexibility index (Phi) is 6.16. The summed E-state index contributed by atoms with van der Waals surface area (Å²) < 4.78 is 4.85. The Balaban J connectivity index is 1.19. The topological polar surface area (TPSA) is 58.3 Å². The summed E-state index contributed by atoms with van der Waals surface area (Å²) in [6.07, 6.45) is 2.37. The van der Waals surface area contributed by atoms with E-state index in [2.05, 4.69) is 31.8 Å². The number of carbonyl (C=O) groups excluding carboxylic acids is 1. The van der Waals surface area contributed by atoms with Gasteiger partial charge in [-0.2, -0.15) is 5.10 Å². The summed E-state index contributed by atoms with van der Waals surface area (Å²) in [5.74, 6) is 1.62. The molecule has 32 heavy (non-hydrogen) atoms. The highest BCUT2D eigenvalue weighted by Gasteiger charge is 2.31. The van der Waals surface area contributed by atoms with Gasteiger partial charge < -0.3 is 5.32 Å². The van der Waals surface area contributed by atoms with Gasteiger partial charge in [0.15, 0.2) is 0 Å². The van der Waals surface area contributed by atoms with E-state index in [0.717, 1.165) is 48.1 Å². The van der Waals surface area contributed by atoms with Crippen molar-refractivity contribution in [1.29, 1.82) is 0 Å². The van der Waals surface area contributed by atoms with Gasteiger partial charge in [0.05, 0.1) is 13.2 Å². The first kappa shape index (κ1) is 21.1. The minimum atomic E-state index is 0.0301.